The van der Waals surface area contributed by atoms with E-state index < -0.39 is 0 Å². The van der Waals surface area contributed by atoms with Gasteiger partial charge in [0.1, 0.15) is 5.76 Å². The molecule has 2 N–H and O–H groups in total. The molecule has 0 aliphatic carbocycles. The maximum atomic E-state index is 5.93. The summed E-state index contributed by atoms with van der Waals surface area (Å²) in [5.41, 5.74) is 5.93. The molecule has 1 unspecified atom stereocenters. The van der Waals surface area contributed by atoms with Crippen molar-refractivity contribution in [1.29, 1.82) is 0 Å². The van der Waals surface area contributed by atoms with E-state index in [1.807, 2.05) is 6.92 Å². The molecule has 1 heterocycles. The minimum absolute atomic E-state index is 0.00269. The van der Waals surface area contributed by atoms with Crippen LogP contribution in [0.25, 0.3) is 0 Å². The number of nitrogens with zero attached hydrogens (tertiary/aromatic N) is 1. The van der Waals surface area contributed by atoms with Crippen LogP contribution in [0.2, 0.25) is 0 Å². The smallest absolute Gasteiger partial charge is 0.211 e. The standard InChI is InChI=1S/C9H16N2O/c1-6-5-11-8(12-6)7(10)9(2,3)4/h5,7H,10H2,1-4H3. The Morgan fingerprint density at radius 1 is 1.50 bits per heavy atom. The molecule has 3 heteroatoms. The van der Waals surface area contributed by atoms with Crippen LogP contribution in [-0.2, 0) is 0 Å². The van der Waals surface area contributed by atoms with Gasteiger partial charge in [-0.15, -0.1) is 0 Å². The van der Waals surface area contributed by atoms with E-state index in [1.54, 1.807) is 6.20 Å². The van der Waals surface area contributed by atoms with Gasteiger partial charge in [-0.2, -0.15) is 0 Å². The summed E-state index contributed by atoms with van der Waals surface area (Å²) in [6.07, 6.45) is 1.70. The Morgan fingerprint density at radius 2 is 2.08 bits per heavy atom. The molecule has 1 rings (SSSR count). The lowest BCUT2D eigenvalue weighted by Crippen LogP contribution is -2.26. The molecular weight excluding hydrogens is 152 g/mol. The number of nitrogens with two attached hydrogens (primary N) is 1. The van der Waals surface area contributed by atoms with Gasteiger partial charge in [0, 0.05) is 0 Å². The van der Waals surface area contributed by atoms with E-state index in [4.69, 9.17) is 10.2 Å². The van der Waals surface area contributed by atoms with Gasteiger partial charge in [-0.25, -0.2) is 4.98 Å². The average Bonchev–Trinajstić information content (AvgIpc) is 2.32. The van der Waals surface area contributed by atoms with Crippen LogP contribution in [0.4, 0.5) is 0 Å². The number of hydrogen-bond acceptors (Lipinski definition) is 3. The summed E-state index contributed by atoms with van der Waals surface area (Å²) in [6.45, 7) is 8.07. The quantitative estimate of drug-likeness (QED) is 0.698. The van der Waals surface area contributed by atoms with E-state index >= 15 is 0 Å². The van der Waals surface area contributed by atoms with Crippen molar-refractivity contribution < 1.29 is 4.42 Å². The molecule has 0 spiro atoms. The van der Waals surface area contributed by atoms with Gasteiger partial charge in [0.05, 0.1) is 12.2 Å². The molecule has 1 aromatic heterocycles. The third-order valence-electron chi connectivity index (χ3n) is 1.84. The SMILES string of the molecule is Cc1cnc(C(N)C(C)(C)C)o1. The van der Waals surface area contributed by atoms with E-state index in [9.17, 15) is 0 Å². The fraction of sp³-hybridized carbons (Fsp3) is 0.667. The highest BCUT2D eigenvalue weighted by molar-refractivity contribution is 4.98. The Kier molecular flexibility index (Phi) is 2.24. The highest BCUT2D eigenvalue weighted by Crippen LogP contribution is 2.29. The van der Waals surface area contributed by atoms with Gasteiger partial charge in [0.15, 0.2) is 0 Å². The van der Waals surface area contributed by atoms with Crippen molar-refractivity contribution >= 4 is 0 Å². The predicted octanol–water partition coefficient (Wildman–Crippen LogP) is 2.03. The molecule has 0 radical (unpaired) electrons. The first-order valence-corrected chi connectivity index (χ1v) is 4.09. The molecule has 0 bridgehead atoms. The van der Waals surface area contributed by atoms with E-state index in [2.05, 4.69) is 25.8 Å². The first-order chi connectivity index (χ1) is 5.41. The molecule has 0 amide bonds. The minimum atomic E-state index is -0.133. The van der Waals surface area contributed by atoms with E-state index in [1.165, 1.54) is 0 Å². The van der Waals surface area contributed by atoms with Crippen LogP contribution in [0.3, 0.4) is 0 Å². The minimum Gasteiger partial charge on any atom is -0.444 e. The van der Waals surface area contributed by atoms with Gasteiger partial charge in [-0.3, -0.25) is 0 Å². The fourth-order valence-corrected chi connectivity index (χ4v) is 0.886. The third kappa shape index (κ3) is 1.85. The highest BCUT2D eigenvalue weighted by atomic mass is 16.4. The summed E-state index contributed by atoms with van der Waals surface area (Å²) in [7, 11) is 0. The predicted molar refractivity (Wildman–Crippen MR) is 47.6 cm³/mol. The Balaban J connectivity index is 2.85. The van der Waals surface area contributed by atoms with Crippen LogP contribution in [-0.4, -0.2) is 4.98 Å². The number of hydrogen-bond donors (Lipinski definition) is 1. The number of rotatable bonds is 1. The van der Waals surface area contributed by atoms with Crippen LogP contribution in [0.5, 0.6) is 0 Å². The van der Waals surface area contributed by atoms with E-state index in [0.717, 1.165) is 5.76 Å². The molecule has 0 saturated heterocycles. The second-order valence-corrected chi connectivity index (χ2v) is 4.15. The van der Waals surface area contributed by atoms with Gasteiger partial charge in [-0.1, -0.05) is 20.8 Å². The maximum absolute atomic E-state index is 5.93. The summed E-state index contributed by atoms with van der Waals surface area (Å²) < 4.78 is 5.34. The first kappa shape index (κ1) is 9.26. The van der Waals surface area contributed by atoms with Crippen LogP contribution < -0.4 is 5.73 Å². The summed E-state index contributed by atoms with van der Waals surface area (Å²) in [5, 5.41) is 0. The molecule has 0 fully saturated rings. The second-order valence-electron chi connectivity index (χ2n) is 4.15. The average molecular weight is 168 g/mol. The summed E-state index contributed by atoms with van der Waals surface area (Å²) in [6, 6.07) is -0.133. The van der Waals surface area contributed by atoms with E-state index in [-0.39, 0.29) is 11.5 Å². The van der Waals surface area contributed by atoms with Crippen LogP contribution in [0.15, 0.2) is 10.6 Å². The first-order valence-electron chi connectivity index (χ1n) is 4.09. The molecule has 0 aliphatic heterocycles. The van der Waals surface area contributed by atoms with Crippen molar-refractivity contribution in [2.75, 3.05) is 0 Å². The Hall–Kier alpha value is -0.830. The lowest BCUT2D eigenvalue weighted by molar-refractivity contribution is 0.274. The molecule has 3 nitrogen and oxygen atoms in total. The molecule has 0 aliphatic rings. The number of oxazole rings is 1. The zero-order valence-electron chi connectivity index (χ0n) is 8.09. The van der Waals surface area contributed by atoms with E-state index in [0.29, 0.717) is 5.89 Å². The monoisotopic (exact) mass is 168 g/mol. The van der Waals surface area contributed by atoms with Crippen molar-refractivity contribution in [2.24, 2.45) is 11.1 Å². The molecule has 1 aromatic rings. The van der Waals surface area contributed by atoms with Crippen molar-refractivity contribution in [3.8, 4) is 0 Å². The second kappa shape index (κ2) is 2.90. The molecule has 12 heavy (non-hydrogen) atoms. The maximum Gasteiger partial charge on any atom is 0.211 e. The fourth-order valence-electron chi connectivity index (χ4n) is 0.886. The highest BCUT2D eigenvalue weighted by Gasteiger charge is 2.25. The summed E-state index contributed by atoms with van der Waals surface area (Å²) in [4.78, 5) is 4.09. The zero-order valence-corrected chi connectivity index (χ0v) is 8.09. The van der Waals surface area contributed by atoms with Crippen molar-refractivity contribution in [1.82, 2.24) is 4.98 Å². The molecular formula is C9H16N2O. The van der Waals surface area contributed by atoms with Crippen LogP contribution in [0.1, 0.15) is 38.5 Å². The van der Waals surface area contributed by atoms with Crippen molar-refractivity contribution in [3.05, 3.63) is 17.8 Å². The number of aromatic nitrogens is 1. The summed E-state index contributed by atoms with van der Waals surface area (Å²) in [5.74, 6) is 1.43. The molecule has 0 saturated carbocycles. The van der Waals surface area contributed by atoms with Gasteiger partial charge < -0.3 is 10.2 Å². The molecule has 68 valence electrons. The Bertz CT molecular complexity index is 260. The van der Waals surface area contributed by atoms with Crippen LogP contribution in [0, 0.1) is 12.3 Å². The van der Waals surface area contributed by atoms with Gasteiger partial charge in [0.25, 0.3) is 0 Å². The topological polar surface area (TPSA) is 52.0 Å². The largest absolute Gasteiger partial charge is 0.444 e. The lowest BCUT2D eigenvalue weighted by Gasteiger charge is -2.23. The van der Waals surface area contributed by atoms with Gasteiger partial charge >= 0.3 is 0 Å². The van der Waals surface area contributed by atoms with Crippen molar-refractivity contribution in [3.63, 3.8) is 0 Å². The molecule has 1 atom stereocenters. The third-order valence-corrected chi connectivity index (χ3v) is 1.84. The lowest BCUT2D eigenvalue weighted by atomic mass is 9.87. The van der Waals surface area contributed by atoms with Crippen molar-refractivity contribution in [2.45, 2.75) is 33.7 Å². The van der Waals surface area contributed by atoms with Crippen LogP contribution >= 0.6 is 0 Å². The molecule has 0 aromatic carbocycles. The summed E-state index contributed by atoms with van der Waals surface area (Å²) >= 11 is 0. The Morgan fingerprint density at radius 3 is 2.42 bits per heavy atom. The normalized spacial score (nSPS) is 14.8. The van der Waals surface area contributed by atoms with Gasteiger partial charge in [0.2, 0.25) is 5.89 Å². The Labute approximate surface area is 73.0 Å². The number of aryl methyl sites for hydroxylation is 1. The zero-order chi connectivity index (χ0) is 9.35. The van der Waals surface area contributed by atoms with Gasteiger partial charge in [-0.05, 0) is 12.3 Å².